The van der Waals surface area contributed by atoms with Crippen molar-refractivity contribution in [3.05, 3.63) is 0 Å². The standard InChI is InChI=1S/C15H32N2O2/c1-9-10-15(5,17(7)11(2)3)13(19-8)12(4)14(18)16-6/h11-13H,9-10H2,1-8H3,(H,16,18). The number of likely N-dealkylation sites (N-methyl/N-ethyl adjacent to an activating group) is 1. The van der Waals surface area contributed by atoms with Crippen LogP contribution >= 0.6 is 0 Å². The maximum Gasteiger partial charge on any atom is 0.225 e. The topological polar surface area (TPSA) is 41.6 Å². The van der Waals surface area contributed by atoms with Crippen molar-refractivity contribution in [2.75, 3.05) is 21.2 Å². The SMILES string of the molecule is CCCC(C)(C(OC)C(C)C(=O)NC)N(C)C(C)C. The van der Waals surface area contributed by atoms with Crippen LogP contribution in [0.1, 0.15) is 47.5 Å². The van der Waals surface area contributed by atoms with Gasteiger partial charge in [0.1, 0.15) is 0 Å². The number of nitrogens with zero attached hydrogens (tertiary/aromatic N) is 1. The minimum atomic E-state index is -0.173. The van der Waals surface area contributed by atoms with Gasteiger partial charge in [-0.2, -0.15) is 0 Å². The number of carbonyl (C=O) groups is 1. The van der Waals surface area contributed by atoms with Crippen LogP contribution < -0.4 is 5.32 Å². The van der Waals surface area contributed by atoms with Crippen molar-refractivity contribution in [1.82, 2.24) is 10.2 Å². The molecule has 0 aromatic rings. The molecule has 4 nitrogen and oxygen atoms in total. The summed E-state index contributed by atoms with van der Waals surface area (Å²) in [5, 5.41) is 2.72. The number of carbonyl (C=O) groups excluding carboxylic acids is 1. The molecule has 1 amide bonds. The first-order chi connectivity index (χ1) is 8.76. The van der Waals surface area contributed by atoms with Crippen LogP contribution in [-0.2, 0) is 9.53 Å². The maximum absolute atomic E-state index is 11.9. The zero-order valence-corrected chi connectivity index (χ0v) is 13.9. The van der Waals surface area contributed by atoms with E-state index in [4.69, 9.17) is 4.74 Å². The number of rotatable bonds is 8. The molecule has 4 heteroatoms. The molecule has 0 heterocycles. The van der Waals surface area contributed by atoms with E-state index in [0.29, 0.717) is 6.04 Å². The van der Waals surface area contributed by atoms with Gasteiger partial charge in [-0.3, -0.25) is 9.69 Å². The van der Waals surface area contributed by atoms with Crippen molar-refractivity contribution in [3.8, 4) is 0 Å². The molecule has 114 valence electrons. The lowest BCUT2D eigenvalue weighted by molar-refractivity contribution is -0.136. The molecule has 3 atom stereocenters. The number of methoxy groups -OCH3 is 1. The molecular formula is C15H32N2O2. The van der Waals surface area contributed by atoms with Crippen LogP contribution in [0.2, 0.25) is 0 Å². The Morgan fingerprint density at radius 2 is 1.89 bits per heavy atom. The highest BCUT2D eigenvalue weighted by Gasteiger charge is 2.43. The van der Waals surface area contributed by atoms with Gasteiger partial charge in [0.2, 0.25) is 5.91 Å². The van der Waals surface area contributed by atoms with E-state index in [1.165, 1.54) is 0 Å². The van der Waals surface area contributed by atoms with Gasteiger partial charge in [-0.05, 0) is 34.2 Å². The summed E-state index contributed by atoms with van der Waals surface area (Å²) in [4.78, 5) is 14.3. The number of hydrogen-bond acceptors (Lipinski definition) is 3. The number of ether oxygens (including phenoxy) is 1. The summed E-state index contributed by atoms with van der Waals surface area (Å²) in [6.07, 6.45) is 1.94. The third-order valence-electron chi connectivity index (χ3n) is 4.32. The van der Waals surface area contributed by atoms with E-state index in [1.54, 1.807) is 14.2 Å². The molecule has 0 aromatic carbocycles. The molecule has 0 aliphatic rings. The Kier molecular flexibility index (Phi) is 7.60. The highest BCUT2D eigenvalue weighted by molar-refractivity contribution is 5.78. The van der Waals surface area contributed by atoms with Crippen LogP contribution in [0.4, 0.5) is 0 Å². The third-order valence-corrected chi connectivity index (χ3v) is 4.32. The smallest absolute Gasteiger partial charge is 0.225 e. The molecule has 0 radical (unpaired) electrons. The van der Waals surface area contributed by atoms with Crippen molar-refractivity contribution in [2.45, 2.75) is 65.1 Å². The number of amides is 1. The van der Waals surface area contributed by atoms with Crippen molar-refractivity contribution in [1.29, 1.82) is 0 Å². The second-order valence-electron chi connectivity index (χ2n) is 5.87. The van der Waals surface area contributed by atoms with Gasteiger partial charge in [-0.1, -0.05) is 20.3 Å². The molecule has 19 heavy (non-hydrogen) atoms. The first-order valence-electron chi connectivity index (χ1n) is 7.23. The minimum Gasteiger partial charge on any atom is -0.379 e. The summed E-state index contributed by atoms with van der Waals surface area (Å²) in [6, 6.07) is 0.408. The van der Waals surface area contributed by atoms with Crippen molar-refractivity contribution in [3.63, 3.8) is 0 Å². The quantitative estimate of drug-likeness (QED) is 0.737. The highest BCUT2D eigenvalue weighted by Crippen LogP contribution is 2.32. The zero-order chi connectivity index (χ0) is 15.2. The summed E-state index contributed by atoms with van der Waals surface area (Å²) in [5.74, 6) is -0.140. The van der Waals surface area contributed by atoms with Gasteiger partial charge >= 0.3 is 0 Å². The summed E-state index contributed by atoms with van der Waals surface area (Å²) in [5.41, 5.74) is -0.149. The zero-order valence-electron chi connectivity index (χ0n) is 13.9. The van der Waals surface area contributed by atoms with Crippen LogP contribution in [-0.4, -0.2) is 49.7 Å². The predicted octanol–water partition coefficient (Wildman–Crippen LogP) is 2.28. The van der Waals surface area contributed by atoms with Gasteiger partial charge in [-0.25, -0.2) is 0 Å². The van der Waals surface area contributed by atoms with Crippen molar-refractivity contribution < 1.29 is 9.53 Å². The Hall–Kier alpha value is -0.610. The van der Waals surface area contributed by atoms with Gasteiger partial charge < -0.3 is 10.1 Å². The Labute approximate surface area is 118 Å². The van der Waals surface area contributed by atoms with Gasteiger partial charge in [0, 0.05) is 25.7 Å². The summed E-state index contributed by atoms with van der Waals surface area (Å²) >= 11 is 0. The largest absolute Gasteiger partial charge is 0.379 e. The van der Waals surface area contributed by atoms with E-state index in [0.717, 1.165) is 12.8 Å². The predicted molar refractivity (Wildman–Crippen MR) is 80.2 cm³/mol. The minimum absolute atomic E-state index is 0.0336. The first-order valence-corrected chi connectivity index (χ1v) is 7.23. The van der Waals surface area contributed by atoms with Gasteiger partial charge in [0.05, 0.1) is 12.0 Å². The number of hydrogen-bond donors (Lipinski definition) is 1. The molecule has 0 fully saturated rings. The number of nitrogens with one attached hydrogen (secondary N) is 1. The summed E-state index contributed by atoms with van der Waals surface area (Å²) in [7, 11) is 5.49. The molecule has 0 aliphatic heterocycles. The Morgan fingerprint density at radius 3 is 2.21 bits per heavy atom. The molecular weight excluding hydrogens is 240 g/mol. The van der Waals surface area contributed by atoms with Crippen molar-refractivity contribution >= 4 is 5.91 Å². The molecule has 0 aliphatic carbocycles. The summed E-state index contributed by atoms with van der Waals surface area (Å²) < 4.78 is 5.72. The average molecular weight is 272 g/mol. The maximum atomic E-state index is 11.9. The highest BCUT2D eigenvalue weighted by atomic mass is 16.5. The molecule has 0 rings (SSSR count). The Bertz CT molecular complexity index is 281. The Balaban J connectivity index is 5.36. The average Bonchev–Trinajstić information content (AvgIpc) is 2.37. The van der Waals surface area contributed by atoms with E-state index in [-0.39, 0.29) is 23.5 Å². The van der Waals surface area contributed by atoms with E-state index in [2.05, 4.69) is 45.0 Å². The third kappa shape index (κ3) is 4.18. The first kappa shape index (κ1) is 18.4. The van der Waals surface area contributed by atoms with Gasteiger partial charge in [-0.15, -0.1) is 0 Å². The van der Waals surface area contributed by atoms with Crippen molar-refractivity contribution in [2.24, 2.45) is 5.92 Å². The van der Waals surface area contributed by atoms with E-state index in [1.807, 2.05) is 6.92 Å². The Morgan fingerprint density at radius 1 is 1.37 bits per heavy atom. The fourth-order valence-electron chi connectivity index (χ4n) is 2.98. The molecule has 1 N–H and O–H groups in total. The summed E-state index contributed by atoms with van der Waals surface area (Å²) in [6.45, 7) is 10.7. The fourth-order valence-corrected chi connectivity index (χ4v) is 2.98. The molecule has 0 saturated carbocycles. The van der Waals surface area contributed by atoms with Gasteiger partial charge in [0.25, 0.3) is 0 Å². The fraction of sp³-hybridized carbons (Fsp3) is 0.933. The molecule has 0 aromatic heterocycles. The van der Waals surface area contributed by atoms with Gasteiger partial charge in [0.15, 0.2) is 0 Å². The van der Waals surface area contributed by atoms with Crippen LogP contribution in [0.25, 0.3) is 0 Å². The van der Waals surface area contributed by atoms with E-state index >= 15 is 0 Å². The van der Waals surface area contributed by atoms with Crippen LogP contribution in [0, 0.1) is 5.92 Å². The lowest BCUT2D eigenvalue weighted by atomic mass is 9.80. The molecule has 0 spiro atoms. The van der Waals surface area contributed by atoms with Crippen LogP contribution in [0.5, 0.6) is 0 Å². The second kappa shape index (κ2) is 7.85. The molecule has 3 unspecified atom stereocenters. The second-order valence-corrected chi connectivity index (χ2v) is 5.87. The monoisotopic (exact) mass is 272 g/mol. The lowest BCUT2D eigenvalue weighted by Gasteiger charge is -2.47. The van der Waals surface area contributed by atoms with Crippen LogP contribution in [0.3, 0.4) is 0 Å². The van der Waals surface area contributed by atoms with E-state index in [9.17, 15) is 4.79 Å². The molecule has 0 saturated heterocycles. The lowest BCUT2D eigenvalue weighted by Crippen LogP contribution is -2.59. The molecule has 0 bridgehead atoms. The van der Waals surface area contributed by atoms with E-state index < -0.39 is 0 Å². The van der Waals surface area contributed by atoms with Crippen LogP contribution in [0.15, 0.2) is 0 Å². The normalized spacial score (nSPS) is 18.2.